The highest BCUT2D eigenvalue weighted by molar-refractivity contribution is 7.99. The van der Waals surface area contributed by atoms with E-state index in [0.29, 0.717) is 4.90 Å². The summed E-state index contributed by atoms with van der Waals surface area (Å²) >= 11 is 1.49. The Bertz CT molecular complexity index is 610. The van der Waals surface area contributed by atoms with E-state index in [1.54, 1.807) is 6.07 Å². The predicted octanol–water partition coefficient (Wildman–Crippen LogP) is 5.09. The number of halogens is 1. The van der Waals surface area contributed by atoms with Crippen molar-refractivity contribution in [2.75, 3.05) is 6.54 Å². The molecule has 112 valence electrons. The molecule has 0 aliphatic rings. The van der Waals surface area contributed by atoms with E-state index in [-0.39, 0.29) is 5.82 Å². The van der Waals surface area contributed by atoms with Crippen LogP contribution in [0.1, 0.15) is 30.0 Å². The average Bonchev–Trinajstić information content (AvgIpc) is 2.44. The van der Waals surface area contributed by atoms with E-state index in [1.807, 2.05) is 12.1 Å². The van der Waals surface area contributed by atoms with Gasteiger partial charge in [0.2, 0.25) is 0 Å². The molecule has 0 aliphatic heterocycles. The van der Waals surface area contributed by atoms with Crippen LogP contribution in [-0.2, 0) is 6.54 Å². The van der Waals surface area contributed by atoms with E-state index >= 15 is 0 Å². The summed E-state index contributed by atoms with van der Waals surface area (Å²) in [5.41, 5.74) is 3.41. The Labute approximate surface area is 131 Å². The minimum Gasteiger partial charge on any atom is -0.313 e. The van der Waals surface area contributed by atoms with Crippen molar-refractivity contribution in [2.24, 2.45) is 0 Å². The molecule has 0 unspecified atom stereocenters. The van der Waals surface area contributed by atoms with Gasteiger partial charge in [0.15, 0.2) is 0 Å². The van der Waals surface area contributed by atoms with Gasteiger partial charge in [0.05, 0.1) is 0 Å². The van der Waals surface area contributed by atoms with Gasteiger partial charge >= 0.3 is 0 Å². The van der Waals surface area contributed by atoms with Gasteiger partial charge in [0.25, 0.3) is 0 Å². The molecule has 0 spiro atoms. The van der Waals surface area contributed by atoms with Crippen molar-refractivity contribution in [3.8, 4) is 0 Å². The summed E-state index contributed by atoms with van der Waals surface area (Å²) in [6.07, 6.45) is 1.09. The molecule has 0 aromatic heterocycles. The Morgan fingerprint density at radius 2 is 1.81 bits per heavy atom. The van der Waals surface area contributed by atoms with Crippen LogP contribution in [0.25, 0.3) is 0 Å². The van der Waals surface area contributed by atoms with Crippen molar-refractivity contribution < 1.29 is 4.39 Å². The number of hydrogen-bond donors (Lipinski definition) is 1. The molecule has 1 nitrogen and oxygen atoms in total. The predicted molar refractivity (Wildman–Crippen MR) is 88.4 cm³/mol. The maximum atomic E-state index is 14.2. The lowest BCUT2D eigenvalue weighted by atomic mass is 10.2. The van der Waals surface area contributed by atoms with Gasteiger partial charge in [-0.25, -0.2) is 4.39 Å². The van der Waals surface area contributed by atoms with Gasteiger partial charge in [-0.3, -0.25) is 0 Å². The summed E-state index contributed by atoms with van der Waals surface area (Å²) in [6, 6.07) is 11.8. The van der Waals surface area contributed by atoms with Crippen LogP contribution in [0.5, 0.6) is 0 Å². The van der Waals surface area contributed by atoms with E-state index in [9.17, 15) is 4.39 Å². The minimum absolute atomic E-state index is 0.143. The van der Waals surface area contributed by atoms with Crippen LogP contribution in [0.15, 0.2) is 46.2 Å². The monoisotopic (exact) mass is 303 g/mol. The first-order valence-electron chi connectivity index (χ1n) is 7.34. The topological polar surface area (TPSA) is 12.0 Å². The highest BCUT2D eigenvalue weighted by atomic mass is 32.2. The van der Waals surface area contributed by atoms with Gasteiger partial charge in [-0.2, -0.15) is 0 Å². The van der Waals surface area contributed by atoms with Crippen molar-refractivity contribution >= 4 is 11.8 Å². The number of benzene rings is 2. The molecule has 2 aromatic carbocycles. The second-order valence-corrected chi connectivity index (χ2v) is 6.40. The van der Waals surface area contributed by atoms with Crippen LogP contribution in [0.3, 0.4) is 0 Å². The fraction of sp³-hybridized carbons (Fsp3) is 0.333. The zero-order valence-corrected chi connectivity index (χ0v) is 13.7. The number of nitrogens with one attached hydrogen (secondary N) is 1. The van der Waals surface area contributed by atoms with Crippen LogP contribution in [0.4, 0.5) is 4.39 Å². The number of hydrogen-bond acceptors (Lipinski definition) is 2. The number of aryl methyl sites for hydroxylation is 2. The smallest absolute Gasteiger partial charge is 0.137 e. The summed E-state index contributed by atoms with van der Waals surface area (Å²) < 4.78 is 14.2. The molecule has 0 radical (unpaired) electrons. The lowest BCUT2D eigenvalue weighted by Gasteiger charge is -2.09. The maximum absolute atomic E-state index is 14.2. The number of rotatable bonds is 6. The molecule has 21 heavy (non-hydrogen) atoms. The van der Waals surface area contributed by atoms with Crippen LogP contribution in [-0.4, -0.2) is 6.54 Å². The van der Waals surface area contributed by atoms with Crippen LogP contribution in [0.2, 0.25) is 0 Å². The van der Waals surface area contributed by atoms with E-state index in [2.05, 4.69) is 44.3 Å². The first-order valence-corrected chi connectivity index (χ1v) is 8.16. The molecule has 0 saturated carbocycles. The summed E-state index contributed by atoms with van der Waals surface area (Å²) in [6.45, 7) is 7.94. The van der Waals surface area contributed by atoms with Gasteiger partial charge in [0.1, 0.15) is 5.82 Å². The van der Waals surface area contributed by atoms with Crippen molar-refractivity contribution in [1.29, 1.82) is 0 Å². The molecule has 0 bridgehead atoms. The molecule has 2 aromatic rings. The van der Waals surface area contributed by atoms with Gasteiger partial charge in [0, 0.05) is 16.3 Å². The Balaban J connectivity index is 2.10. The maximum Gasteiger partial charge on any atom is 0.137 e. The van der Waals surface area contributed by atoms with E-state index in [4.69, 9.17) is 0 Å². The Kier molecular flexibility index (Phi) is 5.83. The van der Waals surface area contributed by atoms with Crippen molar-refractivity contribution in [1.82, 2.24) is 5.32 Å². The molecule has 1 N–H and O–H groups in total. The largest absolute Gasteiger partial charge is 0.313 e. The molecule has 2 rings (SSSR count). The van der Waals surface area contributed by atoms with Crippen LogP contribution in [0, 0.1) is 19.7 Å². The first-order chi connectivity index (χ1) is 10.1. The van der Waals surface area contributed by atoms with E-state index in [1.165, 1.54) is 22.9 Å². The summed E-state index contributed by atoms with van der Waals surface area (Å²) in [7, 11) is 0. The first kappa shape index (κ1) is 16.1. The zero-order chi connectivity index (χ0) is 15.2. The molecular weight excluding hydrogens is 281 g/mol. The van der Waals surface area contributed by atoms with E-state index in [0.717, 1.165) is 30.0 Å². The van der Waals surface area contributed by atoms with Crippen LogP contribution < -0.4 is 5.32 Å². The molecule has 0 saturated heterocycles. The van der Waals surface area contributed by atoms with Gasteiger partial charge in [-0.05, 0) is 56.1 Å². The highest BCUT2D eigenvalue weighted by Gasteiger charge is 2.07. The second kappa shape index (κ2) is 7.62. The van der Waals surface area contributed by atoms with Gasteiger partial charge in [-0.15, -0.1) is 0 Å². The fourth-order valence-electron chi connectivity index (χ4n) is 2.18. The second-order valence-electron chi connectivity index (χ2n) is 5.31. The lowest BCUT2D eigenvalue weighted by Crippen LogP contribution is -2.13. The molecule has 3 heteroatoms. The molecular formula is C18H22FNS. The molecule has 0 amide bonds. The third-order valence-corrected chi connectivity index (χ3v) is 4.53. The highest BCUT2D eigenvalue weighted by Crippen LogP contribution is 2.32. The van der Waals surface area contributed by atoms with Gasteiger partial charge < -0.3 is 5.32 Å². The quantitative estimate of drug-likeness (QED) is 0.746. The normalized spacial score (nSPS) is 10.9. The summed E-state index contributed by atoms with van der Waals surface area (Å²) in [5, 5.41) is 3.29. The summed E-state index contributed by atoms with van der Waals surface area (Å²) in [5.74, 6) is -0.143. The standard InChI is InChI=1S/C18H22FNS/c1-4-9-20-12-15-6-8-18(16(19)11-15)21-17-7-5-13(2)10-14(17)3/h5-8,10-11,20H,4,9,12H2,1-3H3. The van der Waals surface area contributed by atoms with Crippen molar-refractivity contribution in [3.63, 3.8) is 0 Å². The summed E-state index contributed by atoms with van der Waals surface area (Å²) in [4.78, 5) is 1.79. The Morgan fingerprint density at radius 3 is 2.48 bits per heavy atom. The molecule has 0 aliphatic carbocycles. The van der Waals surface area contributed by atoms with Crippen molar-refractivity contribution in [3.05, 3.63) is 58.9 Å². The molecule has 0 fully saturated rings. The fourth-order valence-corrected chi connectivity index (χ4v) is 3.06. The SMILES string of the molecule is CCCNCc1ccc(Sc2ccc(C)cc2C)c(F)c1. The Morgan fingerprint density at radius 1 is 1.05 bits per heavy atom. The van der Waals surface area contributed by atoms with Crippen molar-refractivity contribution in [2.45, 2.75) is 43.5 Å². The lowest BCUT2D eigenvalue weighted by molar-refractivity contribution is 0.595. The van der Waals surface area contributed by atoms with E-state index < -0.39 is 0 Å². The Hall–Kier alpha value is -1.32. The third kappa shape index (κ3) is 4.58. The molecule has 0 heterocycles. The van der Waals surface area contributed by atoms with Gasteiger partial charge in [-0.1, -0.05) is 42.4 Å². The van der Waals surface area contributed by atoms with Crippen LogP contribution >= 0.6 is 11.8 Å². The third-order valence-electron chi connectivity index (χ3n) is 3.30. The molecule has 0 atom stereocenters. The minimum atomic E-state index is -0.143. The average molecular weight is 303 g/mol. The zero-order valence-electron chi connectivity index (χ0n) is 12.9.